The van der Waals surface area contributed by atoms with Crippen molar-refractivity contribution in [1.82, 2.24) is 9.80 Å². The largest absolute Gasteiger partial charge is 0.481 e. The van der Waals surface area contributed by atoms with E-state index in [0.29, 0.717) is 38.4 Å². The molecule has 1 saturated carbocycles. The van der Waals surface area contributed by atoms with Gasteiger partial charge in [0.15, 0.2) is 0 Å². The summed E-state index contributed by atoms with van der Waals surface area (Å²) in [5.41, 5.74) is 2.78. The molecule has 194 valence electrons. The Labute approximate surface area is 221 Å². The summed E-state index contributed by atoms with van der Waals surface area (Å²) >= 11 is 1.47. The van der Waals surface area contributed by atoms with Crippen LogP contribution in [-0.2, 0) is 14.4 Å². The van der Waals surface area contributed by atoms with Crippen LogP contribution < -0.4 is 0 Å². The van der Waals surface area contributed by atoms with Crippen molar-refractivity contribution in [3.05, 3.63) is 65.2 Å². The van der Waals surface area contributed by atoms with E-state index in [4.69, 9.17) is 5.41 Å². The first kappa shape index (κ1) is 25.5. The first-order chi connectivity index (χ1) is 17.8. The zero-order valence-electron chi connectivity index (χ0n) is 21.1. The van der Waals surface area contributed by atoms with Crippen LogP contribution in [0.15, 0.2) is 53.4 Å². The van der Waals surface area contributed by atoms with E-state index < -0.39 is 22.7 Å². The van der Waals surface area contributed by atoms with E-state index in [1.807, 2.05) is 60.4 Å². The summed E-state index contributed by atoms with van der Waals surface area (Å²) in [7, 11) is 0. The number of benzene rings is 2. The second-order valence-corrected chi connectivity index (χ2v) is 12.0. The van der Waals surface area contributed by atoms with Crippen LogP contribution in [0.3, 0.4) is 0 Å². The molecule has 3 fully saturated rings. The van der Waals surface area contributed by atoms with Gasteiger partial charge in [-0.25, -0.2) is 0 Å². The number of nitrogens with one attached hydrogen (secondary N) is 1. The van der Waals surface area contributed by atoms with E-state index in [-0.39, 0.29) is 18.2 Å². The lowest BCUT2D eigenvalue weighted by Crippen LogP contribution is -2.52. The average Bonchev–Trinajstić information content (AvgIpc) is 3.69. The molecule has 2 aromatic carbocycles. The van der Waals surface area contributed by atoms with Crippen molar-refractivity contribution in [3.8, 4) is 0 Å². The van der Waals surface area contributed by atoms with Gasteiger partial charge in [0.2, 0.25) is 11.8 Å². The van der Waals surface area contributed by atoms with Gasteiger partial charge in [0.05, 0.1) is 18.4 Å². The summed E-state index contributed by atoms with van der Waals surface area (Å²) < 4.78 is -1.07. The normalized spacial score (nSPS) is 24.4. The number of amides is 2. The summed E-state index contributed by atoms with van der Waals surface area (Å²) in [5.74, 6) is -0.887. The lowest BCUT2D eigenvalue weighted by molar-refractivity contribution is -0.146. The number of aryl methyl sites for hydroxylation is 1. The zero-order valence-corrected chi connectivity index (χ0v) is 21.9. The van der Waals surface area contributed by atoms with Crippen molar-refractivity contribution < 1.29 is 19.5 Å². The van der Waals surface area contributed by atoms with Crippen LogP contribution in [0.1, 0.15) is 54.8 Å². The van der Waals surface area contributed by atoms with Crippen molar-refractivity contribution in [1.29, 1.82) is 5.41 Å². The Balaban J connectivity index is 1.57. The van der Waals surface area contributed by atoms with Crippen LogP contribution >= 0.6 is 11.8 Å². The Kier molecular flexibility index (Phi) is 7.12. The van der Waals surface area contributed by atoms with E-state index in [2.05, 4.69) is 0 Å². The summed E-state index contributed by atoms with van der Waals surface area (Å²) in [6, 6.07) is 15.2. The Morgan fingerprint density at radius 1 is 1.05 bits per heavy atom. The molecule has 37 heavy (non-hydrogen) atoms. The summed E-state index contributed by atoms with van der Waals surface area (Å²) in [4.78, 5) is 44.3. The van der Waals surface area contributed by atoms with Crippen LogP contribution in [-0.4, -0.2) is 63.3 Å². The number of thioether (sulfide) groups is 1. The van der Waals surface area contributed by atoms with Crippen LogP contribution in [0.4, 0.5) is 0 Å². The molecule has 2 aliphatic heterocycles. The molecule has 7 nitrogen and oxygen atoms in total. The van der Waals surface area contributed by atoms with Crippen LogP contribution in [0.25, 0.3) is 0 Å². The number of carbonyl (C=O) groups is 3. The molecule has 2 unspecified atom stereocenters. The van der Waals surface area contributed by atoms with Crippen molar-refractivity contribution in [2.45, 2.75) is 54.7 Å². The van der Waals surface area contributed by atoms with E-state index >= 15 is 0 Å². The number of piperidine rings is 1. The molecule has 3 aliphatic rings. The van der Waals surface area contributed by atoms with Gasteiger partial charge in [0.25, 0.3) is 0 Å². The SMILES string of the molecule is Cc1ccc(SC2(C(=O)N3CCC(C(=O)O)CC3)CC(=O)N(CC3CC3)C2c2ccc(C=N)cc2)cc1. The molecule has 2 N–H and O–H groups in total. The van der Waals surface area contributed by atoms with Gasteiger partial charge in [0.1, 0.15) is 4.75 Å². The summed E-state index contributed by atoms with van der Waals surface area (Å²) in [6.07, 6.45) is 4.43. The molecular formula is C29H33N3O4S. The monoisotopic (exact) mass is 519 g/mol. The highest BCUT2D eigenvalue weighted by atomic mass is 32.2. The maximum atomic E-state index is 14.5. The minimum Gasteiger partial charge on any atom is -0.481 e. The van der Waals surface area contributed by atoms with Crippen LogP contribution in [0, 0.1) is 24.2 Å². The summed E-state index contributed by atoms with van der Waals surface area (Å²) in [5, 5.41) is 17.1. The van der Waals surface area contributed by atoms with Crippen molar-refractivity contribution in [3.63, 3.8) is 0 Å². The Bertz CT molecular complexity index is 1190. The number of hydrogen-bond donors (Lipinski definition) is 2. The van der Waals surface area contributed by atoms with Gasteiger partial charge in [-0.15, -0.1) is 11.8 Å². The van der Waals surface area contributed by atoms with Crippen LogP contribution in [0.5, 0.6) is 0 Å². The molecule has 0 aromatic heterocycles. The van der Waals surface area contributed by atoms with Gasteiger partial charge in [-0.3, -0.25) is 14.4 Å². The average molecular weight is 520 g/mol. The minimum atomic E-state index is -1.07. The smallest absolute Gasteiger partial charge is 0.306 e. The molecule has 2 saturated heterocycles. The number of hydrogen-bond acceptors (Lipinski definition) is 5. The first-order valence-corrected chi connectivity index (χ1v) is 13.8. The zero-order chi connectivity index (χ0) is 26.2. The topological polar surface area (TPSA) is 102 Å². The predicted octanol–water partition coefficient (Wildman–Crippen LogP) is 4.53. The van der Waals surface area contributed by atoms with Gasteiger partial charge >= 0.3 is 5.97 Å². The van der Waals surface area contributed by atoms with Crippen molar-refractivity contribution >= 4 is 35.8 Å². The standard InChI is InChI=1S/C29H33N3O4S/c1-19-2-10-24(11-3-19)37-29(28(36)31-14-12-23(13-15-31)27(34)35)16-25(33)32(18-21-4-5-21)26(29)22-8-6-20(17-30)7-9-22/h2-3,6-11,17,21,23,26,30H,4-5,12-16,18H2,1H3,(H,34,35). The molecule has 2 heterocycles. The third kappa shape index (κ3) is 5.17. The molecule has 8 heteroatoms. The number of carboxylic acids is 1. The minimum absolute atomic E-state index is 0.0126. The molecule has 5 rings (SSSR count). The third-order valence-electron chi connectivity index (χ3n) is 7.87. The van der Waals surface area contributed by atoms with E-state index in [0.717, 1.165) is 34.4 Å². The first-order valence-electron chi connectivity index (χ1n) is 13.0. The molecule has 0 radical (unpaired) electrons. The van der Waals surface area contributed by atoms with Crippen molar-refractivity contribution in [2.75, 3.05) is 19.6 Å². The predicted molar refractivity (Wildman–Crippen MR) is 143 cm³/mol. The lowest BCUT2D eigenvalue weighted by atomic mass is 9.89. The second-order valence-electron chi connectivity index (χ2n) is 10.6. The maximum absolute atomic E-state index is 14.5. The lowest BCUT2D eigenvalue weighted by Gasteiger charge is -2.41. The van der Waals surface area contributed by atoms with Gasteiger partial charge in [-0.05, 0) is 61.8 Å². The van der Waals surface area contributed by atoms with Gasteiger partial charge in [-0.2, -0.15) is 0 Å². The molecule has 1 aliphatic carbocycles. The molecule has 2 amide bonds. The number of rotatable bonds is 8. The fourth-order valence-electron chi connectivity index (χ4n) is 5.57. The van der Waals surface area contributed by atoms with Gasteiger partial charge < -0.3 is 20.3 Å². The molecular weight excluding hydrogens is 486 g/mol. The summed E-state index contributed by atoms with van der Waals surface area (Å²) in [6.45, 7) is 3.41. The highest BCUT2D eigenvalue weighted by Crippen LogP contribution is 2.54. The highest BCUT2D eigenvalue weighted by molar-refractivity contribution is 8.01. The molecule has 0 bridgehead atoms. The number of nitrogens with zero attached hydrogens (tertiary/aromatic N) is 2. The molecule has 0 spiro atoms. The number of aliphatic carboxylic acids is 1. The number of carbonyl (C=O) groups excluding carboxylic acids is 2. The Morgan fingerprint density at radius 3 is 2.27 bits per heavy atom. The highest BCUT2D eigenvalue weighted by Gasteiger charge is 2.59. The van der Waals surface area contributed by atoms with Crippen molar-refractivity contribution in [2.24, 2.45) is 11.8 Å². The quantitative estimate of drug-likeness (QED) is 0.499. The molecule has 2 atom stereocenters. The Hall–Kier alpha value is -3.13. The fourth-order valence-corrected chi connectivity index (χ4v) is 7.05. The number of carboxylic acid groups (broad SMARTS) is 1. The van der Waals surface area contributed by atoms with Crippen LogP contribution in [0.2, 0.25) is 0 Å². The Morgan fingerprint density at radius 2 is 1.70 bits per heavy atom. The fraction of sp³-hybridized carbons (Fsp3) is 0.448. The molecule has 2 aromatic rings. The van der Waals surface area contributed by atoms with Gasteiger partial charge in [0, 0.05) is 30.7 Å². The number of likely N-dealkylation sites (tertiary alicyclic amines) is 2. The van der Waals surface area contributed by atoms with E-state index in [1.165, 1.54) is 18.0 Å². The van der Waals surface area contributed by atoms with Gasteiger partial charge in [-0.1, -0.05) is 42.0 Å². The third-order valence-corrected chi connectivity index (χ3v) is 9.29. The van der Waals surface area contributed by atoms with E-state index in [9.17, 15) is 19.5 Å². The second kappa shape index (κ2) is 10.3. The van der Waals surface area contributed by atoms with E-state index in [1.54, 1.807) is 4.90 Å². The maximum Gasteiger partial charge on any atom is 0.306 e.